The highest BCUT2D eigenvalue weighted by Gasteiger charge is 2.43. The molecule has 0 radical (unpaired) electrons. The Morgan fingerprint density at radius 3 is 2.38 bits per heavy atom. The molecule has 16 heavy (non-hydrogen) atoms. The number of carbonyl (C=O) groups is 1. The maximum absolute atomic E-state index is 12.1. The van der Waals surface area contributed by atoms with Gasteiger partial charge < -0.3 is 5.73 Å². The molecule has 1 heterocycles. The summed E-state index contributed by atoms with van der Waals surface area (Å²) in [5, 5.41) is -1.53. The number of carbonyl (C=O) groups excluding carboxylic acids is 1. The summed E-state index contributed by atoms with van der Waals surface area (Å²) in [4.78, 5) is 10.8. The molecule has 1 aliphatic heterocycles. The molecule has 0 saturated carbocycles. The maximum Gasteiger partial charge on any atom is 0.390 e. The fraction of sp³-hybridized carbons (Fsp3) is 0.875. The molecule has 4 nitrogen and oxygen atoms in total. The van der Waals surface area contributed by atoms with Crippen molar-refractivity contribution in [3.05, 3.63) is 0 Å². The van der Waals surface area contributed by atoms with E-state index in [1.165, 1.54) is 0 Å². The molecule has 94 valence electrons. The summed E-state index contributed by atoms with van der Waals surface area (Å²) >= 11 is 0. The van der Waals surface area contributed by atoms with E-state index in [-0.39, 0.29) is 12.8 Å². The fourth-order valence-electron chi connectivity index (χ4n) is 1.78. The first-order valence-electron chi connectivity index (χ1n) is 4.69. The number of halogens is 3. The monoisotopic (exact) mass is 259 g/mol. The summed E-state index contributed by atoms with van der Waals surface area (Å²) in [6.07, 6.45) is -6.25. The van der Waals surface area contributed by atoms with Crippen LogP contribution in [0.25, 0.3) is 0 Å². The Hall–Kier alpha value is -0.790. The van der Waals surface area contributed by atoms with E-state index < -0.39 is 45.3 Å². The molecule has 1 fully saturated rings. The Morgan fingerprint density at radius 2 is 1.94 bits per heavy atom. The average Bonchev–Trinajstić information content (AvgIpc) is 2.05. The Kier molecular flexibility index (Phi) is 3.51. The number of primary amides is 1. The fourth-order valence-corrected chi connectivity index (χ4v) is 3.70. The van der Waals surface area contributed by atoms with Gasteiger partial charge in [-0.15, -0.1) is 0 Å². The van der Waals surface area contributed by atoms with E-state index in [1.807, 2.05) is 0 Å². The lowest BCUT2D eigenvalue weighted by atomic mass is 9.97. The van der Waals surface area contributed by atoms with Crippen molar-refractivity contribution in [1.29, 1.82) is 0 Å². The number of hydrogen-bond donors (Lipinski definition) is 1. The number of nitrogens with two attached hydrogens (primary N) is 1. The molecule has 1 rings (SSSR count). The quantitative estimate of drug-likeness (QED) is 0.789. The third kappa shape index (κ3) is 3.36. The van der Waals surface area contributed by atoms with Crippen molar-refractivity contribution in [1.82, 2.24) is 0 Å². The van der Waals surface area contributed by atoms with Crippen LogP contribution in [-0.2, 0) is 14.6 Å². The SMILES string of the molecule is NC(=O)C1CCS(=O)(=O)C(CC(F)(F)F)C1. The predicted molar refractivity (Wildman–Crippen MR) is 50.2 cm³/mol. The van der Waals surface area contributed by atoms with Crippen LogP contribution >= 0.6 is 0 Å². The highest BCUT2D eigenvalue weighted by atomic mass is 32.2. The van der Waals surface area contributed by atoms with Crippen molar-refractivity contribution in [2.45, 2.75) is 30.7 Å². The summed E-state index contributed by atoms with van der Waals surface area (Å²) in [6, 6.07) is 0. The van der Waals surface area contributed by atoms with Crippen molar-refractivity contribution >= 4 is 15.7 Å². The van der Waals surface area contributed by atoms with Crippen molar-refractivity contribution in [2.75, 3.05) is 5.75 Å². The van der Waals surface area contributed by atoms with Gasteiger partial charge in [0, 0.05) is 5.92 Å². The van der Waals surface area contributed by atoms with Crippen molar-refractivity contribution in [3.8, 4) is 0 Å². The van der Waals surface area contributed by atoms with Crippen LogP contribution in [0.4, 0.5) is 13.2 Å². The zero-order chi connectivity index (χ0) is 12.6. The molecule has 0 aliphatic carbocycles. The van der Waals surface area contributed by atoms with Crippen LogP contribution in [0.2, 0.25) is 0 Å². The molecule has 0 bridgehead atoms. The topological polar surface area (TPSA) is 77.2 Å². The molecule has 1 saturated heterocycles. The number of sulfone groups is 1. The molecular weight excluding hydrogens is 247 g/mol. The third-order valence-corrected chi connectivity index (χ3v) is 4.85. The first-order valence-corrected chi connectivity index (χ1v) is 6.41. The molecule has 1 aliphatic rings. The molecule has 2 N–H and O–H groups in total. The van der Waals surface area contributed by atoms with Gasteiger partial charge in [-0.1, -0.05) is 0 Å². The minimum atomic E-state index is -4.54. The highest BCUT2D eigenvalue weighted by Crippen LogP contribution is 2.33. The molecule has 0 aromatic heterocycles. The summed E-state index contributed by atoms with van der Waals surface area (Å²) in [6.45, 7) is 0. The van der Waals surface area contributed by atoms with E-state index in [9.17, 15) is 26.4 Å². The second-order valence-corrected chi connectivity index (χ2v) is 6.33. The van der Waals surface area contributed by atoms with Gasteiger partial charge in [0.25, 0.3) is 0 Å². The smallest absolute Gasteiger partial charge is 0.369 e. The molecular formula is C8H12F3NO3S. The van der Waals surface area contributed by atoms with Crippen LogP contribution in [-0.4, -0.2) is 31.5 Å². The minimum Gasteiger partial charge on any atom is -0.369 e. The molecule has 0 aromatic carbocycles. The first kappa shape index (κ1) is 13.3. The van der Waals surface area contributed by atoms with Crippen LogP contribution in [0, 0.1) is 5.92 Å². The van der Waals surface area contributed by atoms with Crippen LogP contribution in [0.15, 0.2) is 0 Å². The van der Waals surface area contributed by atoms with Crippen molar-refractivity contribution < 1.29 is 26.4 Å². The van der Waals surface area contributed by atoms with Gasteiger partial charge in [0.15, 0.2) is 9.84 Å². The van der Waals surface area contributed by atoms with Gasteiger partial charge in [-0.25, -0.2) is 8.42 Å². The largest absolute Gasteiger partial charge is 0.390 e. The zero-order valence-electron chi connectivity index (χ0n) is 8.33. The molecule has 1 amide bonds. The van der Waals surface area contributed by atoms with E-state index in [0.717, 1.165) is 0 Å². The van der Waals surface area contributed by atoms with E-state index >= 15 is 0 Å². The molecule has 0 aromatic rings. The average molecular weight is 259 g/mol. The van der Waals surface area contributed by atoms with Crippen LogP contribution in [0.1, 0.15) is 19.3 Å². The molecule has 2 atom stereocenters. The molecule has 8 heteroatoms. The van der Waals surface area contributed by atoms with E-state index in [0.29, 0.717) is 0 Å². The van der Waals surface area contributed by atoms with Crippen LogP contribution in [0.5, 0.6) is 0 Å². The highest BCUT2D eigenvalue weighted by molar-refractivity contribution is 7.92. The Balaban J connectivity index is 2.81. The number of hydrogen-bond acceptors (Lipinski definition) is 3. The maximum atomic E-state index is 12.1. The van der Waals surface area contributed by atoms with Gasteiger partial charge in [-0.2, -0.15) is 13.2 Å². The van der Waals surface area contributed by atoms with Crippen molar-refractivity contribution in [3.63, 3.8) is 0 Å². The van der Waals surface area contributed by atoms with Gasteiger partial charge in [0.05, 0.1) is 17.4 Å². The number of rotatable bonds is 2. The van der Waals surface area contributed by atoms with Gasteiger partial charge in [-0.05, 0) is 12.8 Å². The predicted octanol–water partition coefficient (Wildman–Crippen LogP) is 0.617. The van der Waals surface area contributed by atoms with Crippen LogP contribution < -0.4 is 5.73 Å². The van der Waals surface area contributed by atoms with E-state index in [4.69, 9.17) is 5.73 Å². The Morgan fingerprint density at radius 1 is 1.38 bits per heavy atom. The summed E-state index contributed by atoms with van der Waals surface area (Å²) in [5.41, 5.74) is 4.97. The normalized spacial score (nSPS) is 29.9. The summed E-state index contributed by atoms with van der Waals surface area (Å²) in [7, 11) is -3.75. The van der Waals surface area contributed by atoms with Gasteiger partial charge in [0.1, 0.15) is 0 Å². The van der Waals surface area contributed by atoms with Crippen molar-refractivity contribution in [2.24, 2.45) is 11.7 Å². The third-order valence-electron chi connectivity index (χ3n) is 2.67. The summed E-state index contributed by atoms with van der Waals surface area (Å²) in [5.74, 6) is -1.90. The lowest BCUT2D eigenvalue weighted by molar-refractivity contribution is -0.137. The minimum absolute atomic E-state index is 0.0199. The Bertz CT molecular complexity index is 376. The summed E-state index contributed by atoms with van der Waals surface area (Å²) < 4.78 is 59.1. The van der Waals surface area contributed by atoms with Gasteiger partial charge in [0.2, 0.25) is 5.91 Å². The molecule has 0 spiro atoms. The van der Waals surface area contributed by atoms with E-state index in [2.05, 4.69) is 0 Å². The number of amides is 1. The van der Waals surface area contributed by atoms with Crippen LogP contribution in [0.3, 0.4) is 0 Å². The second kappa shape index (κ2) is 4.23. The molecule has 2 unspecified atom stereocenters. The van der Waals surface area contributed by atoms with Gasteiger partial charge >= 0.3 is 6.18 Å². The Labute approximate surface area is 90.9 Å². The van der Waals surface area contributed by atoms with Gasteiger partial charge in [-0.3, -0.25) is 4.79 Å². The van der Waals surface area contributed by atoms with E-state index in [1.54, 1.807) is 0 Å². The zero-order valence-corrected chi connectivity index (χ0v) is 9.14. The standard InChI is InChI=1S/C8H12F3NO3S/c9-8(10,11)4-6-3-5(7(12)13)1-2-16(6,14)15/h5-6H,1-4H2,(H2,12,13). The number of alkyl halides is 3. The first-order chi connectivity index (χ1) is 7.12. The lowest BCUT2D eigenvalue weighted by Crippen LogP contribution is -2.40. The lowest BCUT2D eigenvalue weighted by Gasteiger charge is -2.27. The second-order valence-electron chi connectivity index (χ2n) is 3.93.